The molecule has 7 nitrogen and oxygen atoms in total. The van der Waals surface area contributed by atoms with E-state index in [2.05, 4.69) is 15.4 Å². The Labute approximate surface area is 120 Å². The molecule has 0 saturated carbocycles. The smallest absolute Gasteiger partial charge is 0.358 e. The SMILES string of the molecule is Cc1c(C(=O)O)nnn1Cc1ccn(-c2ccccc2)n1. The summed E-state index contributed by atoms with van der Waals surface area (Å²) in [6.45, 7) is 2.06. The second kappa shape index (κ2) is 5.20. The Morgan fingerprint density at radius 1 is 1.24 bits per heavy atom. The minimum Gasteiger partial charge on any atom is -0.476 e. The van der Waals surface area contributed by atoms with Crippen molar-refractivity contribution in [2.24, 2.45) is 0 Å². The fourth-order valence-electron chi connectivity index (χ4n) is 2.03. The van der Waals surface area contributed by atoms with Crippen LogP contribution in [0.3, 0.4) is 0 Å². The molecular weight excluding hydrogens is 270 g/mol. The Hall–Kier alpha value is -2.96. The molecule has 0 fully saturated rings. The summed E-state index contributed by atoms with van der Waals surface area (Å²) >= 11 is 0. The number of aromatic nitrogens is 5. The van der Waals surface area contributed by atoms with Gasteiger partial charge in [-0.2, -0.15) is 5.10 Å². The van der Waals surface area contributed by atoms with Gasteiger partial charge in [-0.3, -0.25) is 0 Å². The van der Waals surface area contributed by atoms with Crippen molar-refractivity contribution in [1.29, 1.82) is 0 Å². The number of para-hydroxylation sites is 1. The molecule has 0 saturated heterocycles. The van der Waals surface area contributed by atoms with E-state index in [0.717, 1.165) is 11.4 Å². The van der Waals surface area contributed by atoms with Gasteiger partial charge in [-0.1, -0.05) is 23.4 Å². The van der Waals surface area contributed by atoms with Crippen LogP contribution in [0, 0.1) is 6.92 Å². The van der Waals surface area contributed by atoms with Crippen LogP contribution in [-0.2, 0) is 6.54 Å². The van der Waals surface area contributed by atoms with Crippen molar-refractivity contribution in [2.45, 2.75) is 13.5 Å². The van der Waals surface area contributed by atoms with E-state index in [4.69, 9.17) is 5.11 Å². The summed E-state index contributed by atoms with van der Waals surface area (Å²) in [4.78, 5) is 10.9. The highest BCUT2D eigenvalue weighted by Gasteiger charge is 2.15. The molecule has 0 amide bonds. The van der Waals surface area contributed by atoms with Crippen molar-refractivity contribution in [3.8, 4) is 5.69 Å². The van der Waals surface area contributed by atoms with Crippen LogP contribution in [0.5, 0.6) is 0 Å². The molecular formula is C14H13N5O2. The first kappa shape index (κ1) is 13.0. The number of carboxylic acids is 1. The summed E-state index contributed by atoms with van der Waals surface area (Å²) < 4.78 is 3.29. The summed E-state index contributed by atoms with van der Waals surface area (Å²) in [6.07, 6.45) is 1.86. The van der Waals surface area contributed by atoms with Crippen molar-refractivity contribution in [2.75, 3.05) is 0 Å². The van der Waals surface area contributed by atoms with Gasteiger partial charge in [0, 0.05) is 6.20 Å². The molecule has 7 heteroatoms. The molecule has 0 spiro atoms. The zero-order valence-corrected chi connectivity index (χ0v) is 11.3. The molecule has 1 N–H and O–H groups in total. The molecule has 0 aliphatic carbocycles. The van der Waals surface area contributed by atoms with E-state index in [1.54, 1.807) is 11.6 Å². The quantitative estimate of drug-likeness (QED) is 0.784. The molecule has 0 bridgehead atoms. The van der Waals surface area contributed by atoms with Crippen molar-refractivity contribution in [3.05, 3.63) is 59.7 Å². The summed E-state index contributed by atoms with van der Waals surface area (Å²) in [5.41, 5.74) is 2.23. The molecule has 0 unspecified atom stereocenters. The van der Waals surface area contributed by atoms with E-state index in [1.807, 2.05) is 42.6 Å². The van der Waals surface area contributed by atoms with Crippen LogP contribution < -0.4 is 0 Å². The standard InChI is InChI=1S/C14H13N5O2/c1-10-13(14(20)21)15-17-19(10)9-11-7-8-18(16-11)12-5-3-2-4-6-12/h2-8H,9H2,1H3,(H,20,21). The predicted molar refractivity (Wildman–Crippen MR) is 74.4 cm³/mol. The number of hydrogen-bond acceptors (Lipinski definition) is 4. The van der Waals surface area contributed by atoms with Crippen LogP contribution in [0.15, 0.2) is 42.6 Å². The third-order valence-corrected chi connectivity index (χ3v) is 3.16. The fraction of sp³-hybridized carbons (Fsp3) is 0.143. The van der Waals surface area contributed by atoms with Crippen LogP contribution in [0.25, 0.3) is 5.69 Å². The van der Waals surface area contributed by atoms with E-state index < -0.39 is 5.97 Å². The number of nitrogens with zero attached hydrogens (tertiary/aromatic N) is 5. The van der Waals surface area contributed by atoms with Crippen molar-refractivity contribution in [3.63, 3.8) is 0 Å². The summed E-state index contributed by atoms with van der Waals surface area (Å²) in [7, 11) is 0. The predicted octanol–water partition coefficient (Wildman–Crippen LogP) is 1.52. The van der Waals surface area contributed by atoms with Gasteiger partial charge in [-0.15, -0.1) is 5.10 Å². The van der Waals surface area contributed by atoms with E-state index in [1.165, 1.54) is 4.68 Å². The Morgan fingerprint density at radius 3 is 2.67 bits per heavy atom. The lowest BCUT2D eigenvalue weighted by Gasteiger charge is -2.01. The highest BCUT2D eigenvalue weighted by atomic mass is 16.4. The van der Waals surface area contributed by atoms with Crippen molar-refractivity contribution < 1.29 is 9.90 Å². The van der Waals surface area contributed by atoms with Gasteiger partial charge < -0.3 is 5.11 Å². The highest BCUT2D eigenvalue weighted by Crippen LogP contribution is 2.09. The number of aromatic carboxylic acids is 1. The third-order valence-electron chi connectivity index (χ3n) is 3.16. The number of carboxylic acid groups (broad SMARTS) is 1. The van der Waals surface area contributed by atoms with Gasteiger partial charge in [0.05, 0.1) is 23.6 Å². The molecule has 0 aliphatic rings. The first-order valence-electron chi connectivity index (χ1n) is 6.38. The van der Waals surface area contributed by atoms with Crippen molar-refractivity contribution in [1.82, 2.24) is 24.8 Å². The monoisotopic (exact) mass is 283 g/mol. The Morgan fingerprint density at radius 2 is 2.00 bits per heavy atom. The fourth-order valence-corrected chi connectivity index (χ4v) is 2.03. The molecule has 0 aliphatic heterocycles. The number of carbonyl (C=O) groups is 1. The van der Waals surface area contributed by atoms with Crippen LogP contribution >= 0.6 is 0 Å². The molecule has 2 heterocycles. The lowest BCUT2D eigenvalue weighted by molar-refractivity contribution is 0.0689. The normalized spacial score (nSPS) is 10.7. The minimum absolute atomic E-state index is 0.0301. The lowest BCUT2D eigenvalue weighted by atomic mass is 10.3. The number of hydrogen-bond donors (Lipinski definition) is 1. The topological polar surface area (TPSA) is 85.8 Å². The summed E-state index contributed by atoms with van der Waals surface area (Å²) in [6, 6.07) is 11.6. The molecule has 0 atom stereocenters. The lowest BCUT2D eigenvalue weighted by Crippen LogP contribution is -2.07. The largest absolute Gasteiger partial charge is 0.476 e. The maximum atomic E-state index is 10.9. The third kappa shape index (κ3) is 2.53. The minimum atomic E-state index is -1.08. The molecule has 0 radical (unpaired) electrons. The molecule has 3 aromatic rings. The molecule has 106 valence electrons. The summed E-state index contributed by atoms with van der Waals surface area (Å²) in [5, 5.41) is 20.9. The van der Waals surface area contributed by atoms with E-state index in [9.17, 15) is 4.79 Å². The molecule has 1 aromatic carbocycles. The highest BCUT2D eigenvalue weighted by molar-refractivity contribution is 5.86. The van der Waals surface area contributed by atoms with Gasteiger partial charge in [0.2, 0.25) is 0 Å². The van der Waals surface area contributed by atoms with Gasteiger partial charge in [-0.05, 0) is 25.1 Å². The van der Waals surface area contributed by atoms with Gasteiger partial charge in [0.15, 0.2) is 5.69 Å². The first-order chi connectivity index (χ1) is 10.1. The zero-order valence-electron chi connectivity index (χ0n) is 11.3. The van der Waals surface area contributed by atoms with E-state index in [0.29, 0.717) is 12.2 Å². The molecule has 3 rings (SSSR count). The number of rotatable bonds is 4. The van der Waals surface area contributed by atoms with Crippen LogP contribution in [0.1, 0.15) is 21.9 Å². The van der Waals surface area contributed by atoms with Crippen LogP contribution in [-0.4, -0.2) is 35.9 Å². The van der Waals surface area contributed by atoms with E-state index >= 15 is 0 Å². The average Bonchev–Trinajstić information content (AvgIpc) is 3.08. The maximum Gasteiger partial charge on any atom is 0.358 e. The molecule has 21 heavy (non-hydrogen) atoms. The van der Waals surface area contributed by atoms with Crippen LogP contribution in [0.4, 0.5) is 0 Å². The van der Waals surface area contributed by atoms with Gasteiger partial charge >= 0.3 is 5.97 Å². The maximum absolute atomic E-state index is 10.9. The van der Waals surface area contributed by atoms with Gasteiger partial charge in [0.1, 0.15) is 0 Å². The van der Waals surface area contributed by atoms with Gasteiger partial charge in [0.25, 0.3) is 0 Å². The summed E-state index contributed by atoms with van der Waals surface area (Å²) in [5.74, 6) is -1.08. The number of benzene rings is 1. The second-order valence-corrected chi connectivity index (χ2v) is 4.57. The average molecular weight is 283 g/mol. The van der Waals surface area contributed by atoms with E-state index in [-0.39, 0.29) is 5.69 Å². The van der Waals surface area contributed by atoms with Gasteiger partial charge in [-0.25, -0.2) is 14.2 Å². The first-order valence-corrected chi connectivity index (χ1v) is 6.38. The molecule has 2 aromatic heterocycles. The zero-order chi connectivity index (χ0) is 14.8. The second-order valence-electron chi connectivity index (χ2n) is 4.57. The van der Waals surface area contributed by atoms with Crippen molar-refractivity contribution >= 4 is 5.97 Å². The Kier molecular flexibility index (Phi) is 3.23. The Balaban J connectivity index is 1.84. The Bertz CT molecular complexity index is 776. The van der Waals surface area contributed by atoms with Crippen LogP contribution in [0.2, 0.25) is 0 Å².